The maximum atomic E-state index is 13.8. The largest absolute Gasteiger partial charge is 0.299 e. The first-order chi connectivity index (χ1) is 11.4. The van der Waals surface area contributed by atoms with Crippen LogP contribution in [0.15, 0.2) is 35.4 Å². The zero-order valence-corrected chi connectivity index (χ0v) is 14.5. The van der Waals surface area contributed by atoms with Gasteiger partial charge in [-0.1, -0.05) is 18.2 Å². The normalized spacial score (nSPS) is 19.5. The molecule has 1 fully saturated rings. The van der Waals surface area contributed by atoms with Crippen LogP contribution in [0.4, 0.5) is 4.39 Å². The van der Waals surface area contributed by atoms with E-state index in [1.165, 1.54) is 18.5 Å². The number of benzene rings is 1. The lowest BCUT2D eigenvalue weighted by Crippen LogP contribution is -2.36. The second-order valence-corrected chi connectivity index (χ2v) is 8.51. The highest BCUT2D eigenvalue weighted by Gasteiger charge is 2.24. The van der Waals surface area contributed by atoms with Crippen LogP contribution >= 0.6 is 0 Å². The van der Waals surface area contributed by atoms with Crippen molar-refractivity contribution in [1.29, 1.82) is 0 Å². The van der Waals surface area contributed by atoms with Crippen LogP contribution in [0, 0.1) is 11.7 Å². The van der Waals surface area contributed by atoms with Gasteiger partial charge in [0.05, 0.1) is 11.9 Å². The number of nitrogens with zero attached hydrogens (tertiary/aromatic N) is 2. The molecule has 0 saturated carbocycles. The summed E-state index contributed by atoms with van der Waals surface area (Å²) in [6, 6.07) is 6.85. The van der Waals surface area contributed by atoms with Crippen LogP contribution in [-0.2, 0) is 22.8 Å². The standard InChI is InChI=1S/C17H22FN3O2S/c1-24(22,23)17-10-19-20-16(17)9-13-5-4-8-21(11-13)12-14-6-2-3-7-15(14)18/h2-3,6-7,10,13H,4-5,8-9,11-12H2,1H3,(H,19,20)/t13-/m1/s1. The molecule has 1 N–H and O–H groups in total. The number of H-pyrrole nitrogens is 1. The van der Waals surface area contributed by atoms with Gasteiger partial charge in [-0.25, -0.2) is 12.8 Å². The molecule has 24 heavy (non-hydrogen) atoms. The molecule has 5 nitrogen and oxygen atoms in total. The van der Waals surface area contributed by atoms with Crippen molar-refractivity contribution in [2.75, 3.05) is 19.3 Å². The molecule has 0 aliphatic carbocycles. The van der Waals surface area contributed by atoms with Gasteiger partial charge in [-0.05, 0) is 37.8 Å². The Balaban J connectivity index is 1.66. The Bertz CT molecular complexity index is 804. The Morgan fingerprint density at radius 3 is 2.92 bits per heavy atom. The van der Waals surface area contributed by atoms with Crippen molar-refractivity contribution >= 4 is 9.84 Å². The third-order valence-corrected chi connectivity index (χ3v) is 5.68. The van der Waals surface area contributed by atoms with Crippen LogP contribution in [0.5, 0.6) is 0 Å². The molecule has 130 valence electrons. The number of rotatable bonds is 5. The molecule has 3 rings (SSSR count). The quantitative estimate of drug-likeness (QED) is 0.898. The molecule has 0 bridgehead atoms. The molecule has 1 aromatic carbocycles. The van der Waals surface area contributed by atoms with E-state index in [4.69, 9.17) is 0 Å². The average molecular weight is 351 g/mol. The molecule has 0 spiro atoms. The van der Waals surface area contributed by atoms with E-state index in [2.05, 4.69) is 15.1 Å². The lowest BCUT2D eigenvalue weighted by atomic mass is 9.93. The number of nitrogens with one attached hydrogen (secondary N) is 1. The van der Waals surface area contributed by atoms with Crippen molar-refractivity contribution < 1.29 is 12.8 Å². The molecule has 0 unspecified atom stereocenters. The smallest absolute Gasteiger partial charge is 0.178 e. The van der Waals surface area contributed by atoms with Crippen LogP contribution in [-0.4, -0.2) is 42.9 Å². The number of aromatic nitrogens is 2. The molecular weight excluding hydrogens is 329 g/mol. The van der Waals surface area contributed by atoms with Crippen LogP contribution in [0.1, 0.15) is 24.1 Å². The summed E-state index contributed by atoms with van der Waals surface area (Å²) < 4.78 is 37.4. The summed E-state index contributed by atoms with van der Waals surface area (Å²) in [5, 5.41) is 6.71. The maximum absolute atomic E-state index is 13.8. The topological polar surface area (TPSA) is 66.1 Å². The summed E-state index contributed by atoms with van der Waals surface area (Å²) in [6.07, 6.45) is 5.30. The number of aromatic amines is 1. The van der Waals surface area contributed by atoms with Crippen molar-refractivity contribution in [3.63, 3.8) is 0 Å². The number of halogens is 1. The van der Waals surface area contributed by atoms with E-state index in [1.54, 1.807) is 6.07 Å². The highest BCUT2D eigenvalue weighted by atomic mass is 32.2. The fraction of sp³-hybridized carbons (Fsp3) is 0.471. The van der Waals surface area contributed by atoms with Gasteiger partial charge in [0.2, 0.25) is 0 Å². The van der Waals surface area contributed by atoms with Gasteiger partial charge in [0.25, 0.3) is 0 Å². The molecule has 0 radical (unpaired) electrons. The number of piperidine rings is 1. The predicted molar refractivity (Wildman–Crippen MR) is 89.8 cm³/mol. The molecular formula is C17H22FN3O2S. The van der Waals surface area contributed by atoms with Gasteiger partial charge in [-0.3, -0.25) is 10.00 Å². The first kappa shape index (κ1) is 17.1. The Morgan fingerprint density at radius 2 is 2.17 bits per heavy atom. The first-order valence-electron chi connectivity index (χ1n) is 8.11. The van der Waals surface area contributed by atoms with E-state index in [9.17, 15) is 12.8 Å². The van der Waals surface area contributed by atoms with E-state index in [0.29, 0.717) is 30.1 Å². The molecule has 2 heterocycles. The predicted octanol–water partition coefficient (Wildman–Crippen LogP) is 2.41. The zero-order chi connectivity index (χ0) is 17.2. The maximum Gasteiger partial charge on any atom is 0.178 e. The van der Waals surface area contributed by atoms with E-state index in [0.717, 1.165) is 25.9 Å². The minimum Gasteiger partial charge on any atom is -0.299 e. The number of hydrogen-bond donors (Lipinski definition) is 1. The Hall–Kier alpha value is -1.73. The minimum absolute atomic E-state index is 0.174. The number of likely N-dealkylation sites (tertiary alicyclic amines) is 1. The van der Waals surface area contributed by atoms with Gasteiger partial charge in [-0.2, -0.15) is 5.10 Å². The lowest BCUT2D eigenvalue weighted by molar-refractivity contribution is 0.164. The molecule has 1 atom stereocenters. The Labute approximate surface area is 141 Å². The van der Waals surface area contributed by atoms with E-state index >= 15 is 0 Å². The van der Waals surface area contributed by atoms with Crippen molar-refractivity contribution in [1.82, 2.24) is 15.1 Å². The molecule has 7 heteroatoms. The van der Waals surface area contributed by atoms with Gasteiger partial charge < -0.3 is 0 Å². The van der Waals surface area contributed by atoms with Gasteiger partial charge in [0.15, 0.2) is 9.84 Å². The van der Waals surface area contributed by atoms with Gasteiger partial charge in [-0.15, -0.1) is 0 Å². The van der Waals surface area contributed by atoms with Crippen molar-refractivity contribution in [3.8, 4) is 0 Å². The van der Waals surface area contributed by atoms with Gasteiger partial charge in [0.1, 0.15) is 10.7 Å². The summed E-state index contributed by atoms with van der Waals surface area (Å²) in [5.74, 6) is 0.166. The fourth-order valence-electron chi connectivity index (χ4n) is 3.39. The van der Waals surface area contributed by atoms with Crippen LogP contribution < -0.4 is 0 Å². The van der Waals surface area contributed by atoms with E-state index in [1.807, 2.05) is 12.1 Å². The Kier molecular flexibility index (Phi) is 5.01. The van der Waals surface area contributed by atoms with Gasteiger partial charge in [0, 0.05) is 24.9 Å². The minimum atomic E-state index is -3.27. The average Bonchev–Trinajstić information content (AvgIpc) is 2.98. The second-order valence-electron chi connectivity index (χ2n) is 6.52. The molecule has 1 aliphatic heterocycles. The van der Waals surface area contributed by atoms with E-state index < -0.39 is 9.84 Å². The Morgan fingerprint density at radius 1 is 1.38 bits per heavy atom. The zero-order valence-electron chi connectivity index (χ0n) is 13.7. The first-order valence-corrected chi connectivity index (χ1v) is 10.0. The highest BCUT2D eigenvalue weighted by molar-refractivity contribution is 7.90. The third kappa shape index (κ3) is 4.02. The number of hydrogen-bond acceptors (Lipinski definition) is 4. The molecule has 1 aliphatic rings. The second kappa shape index (κ2) is 7.03. The molecule has 1 saturated heterocycles. The van der Waals surface area contributed by atoms with Crippen LogP contribution in [0.3, 0.4) is 0 Å². The summed E-state index contributed by atoms with van der Waals surface area (Å²) in [7, 11) is -3.27. The SMILES string of the molecule is CS(=O)(=O)c1cn[nH]c1C[C@H]1CCCN(Cc2ccccc2F)C1. The van der Waals surface area contributed by atoms with Crippen molar-refractivity contribution in [2.24, 2.45) is 5.92 Å². The number of sulfone groups is 1. The summed E-state index contributed by atoms with van der Waals surface area (Å²) in [4.78, 5) is 2.53. The lowest BCUT2D eigenvalue weighted by Gasteiger charge is -2.32. The van der Waals surface area contributed by atoms with Crippen LogP contribution in [0.2, 0.25) is 0 Å². The molecule has 1 aromatic heterocycles. The van der Waals surface area contributed by atoms with Crippen molar-refractivity contribution in [2.45, 2.75) is 30.7 Å². The molecule has 0 amide bonds. The van der Waals surface area contributed by atoms with E-state index in [-0.39, 0.29) is 10.7 Å². The summed E-state index contributed by atoms with van der Waals surface area (Å²) in [5.41, 5.74) is 1.38. The summed E-state index contributed by atoms with van der Waals surface area (Å²) in [6.45, 7) is 2.36. The van der Waals surface area contributed by atoms with Crippen molar-refractivity contribution in [3.05, 3.63) is 47.5 Å². The van der Waals surface area contributed by atoms with Gasteiger partial charge >= 0.3 is 0 Å². The fourth-order valence-corrected chi connectivity index (χ4v) is 4.21. The monoisotopic (exact) mass is 351 g/mol. The van der Waals surface area contributed by atoms with Crippen LogP contribution in [0.25, 0.3) is 0 Å². The molecule has 2 aromatic rings. The highest BCUT2D eigenvalue weighted by Crippen LogP contribution is 2.24. The third-order valence-electron chi connectivity index (χ3n) is 4.53. The summed E-state index contributed by atoms with van der Waals surface area (Å²) >= 11 is 0.